The Morgan fingerprint density at radius 3 is 3.07 bits per heavy atom. The van der Waals surface area contributed by atoms with E-state index in [-0.39, 0.29) is 0 Å². The van der Waals surface area contributed by atoms with Gasteiger partial charge < -0.3 is 14.8 Å². The van der Waals surface area contributed by atoms with Crippen LogP contribution in [0.3, 0.4) is 0 Å². The predicted octanol–water partition coefficient (Wildman–Crippen LogP) is 2.08. The van der Waals surface area contributed by atoms with Crippen molar-refractivity contribution >= 4 is 11.0 Å². The summed E-state index contributed by atoms with van der Waals surface area (Å²) >= 11 is 0. The van der Waals surface area contributed by atoms with Crippen molar-refractivity contribution in [3.8, 4) is 0 Å². The molecule has 0 unspecified atom stereocenters. The Hall–Kier alpha value is -1.32. The van der Waals surface area contributed by atoms with Crippen LogP contribution < -0.4 is 5.32 Å². The zero-order valence-corrected chi connectivity index (χ0v) is 8.73. The molecule has 0 bridgehead atoms. The molecule has 0 aliphatic heterocycles. The highest BCUT2D eigenvalue weighted by Gasteiger charge is 2.08. The van der Waals surface area contributed by atoms with Crippen LogP contribution in [0.25, 0.3) is 11.0 Å². The average molecular weight is 205 g/mol. The molecule has 0 saturated heterocycles. The second-order valence-corrected chi connectivity index (χ2v) is 3.54. The van der Waals surface area contributed by atoms with E-state index in [1.165, 1.54) is 0 Å². The molecule has 0 spiro atoms. The average Bonchev–Trinajstić information content (AvgIpc) is 2.72. The van der Waals surface area contributed by atoms with E-state index in [2.05, 4.69) is 5.32 Å². The van der Waals surface area contributed by atoms with Crippen LogP contribution in [0.5, 0.6) is 0 Å². The smallest absolute Gasteiger partial charge is 0.134 e. The first kappa shape index (κ1) is 10.2. The van der Waals surface area contributed by atoms with Gasteiger partial charge in [-0.2, -0.15) is 0 Å². The Balaban J connectivity index is 2.19. The minimum absolute atomic E-state index is 0.473. The van der Waals surface area contributed by atoms with E-state index in [1.54, 1.807) is 6.26 Å². The fourth-order valence-electron chi connectivity index (χ4n) is 1.58. The fraction of sp³-hybridized carbons (Fsp3) is 0.333. The van der Waals surface area contributed by atoms with Crippen LogP contribution in [0.4, 0.5) is 0 Å². The molecule has 80 valence electrons. The van der Waals surface area contributed by atoms with Gasteiger partial charge in [-0.1, -0.05) is 19.1 Å². The summed E-state index contributed by atoms with van der Waals surface area (Å²) < 4.78 is 5.28. The summed E-state index contributed by atoms with van der Waals surface area (Å²) in [5.41, 5.74) is 1.71. The van der Waals surface area contributed by atoms with E-state index in [0.717, 1.165) is 23.1 Å². The lowest BCUT2D eigenvalue weighted by molar-refractivity contribution is 0.175. The summed E-state index contributed by atoms with van der Waals surface area (Å²) in [6.45, 7) is 3.45. The zero-order chi connectivity index (χ0) is 10.7. The largest absolute Gasteiger partial charge is 0.464 e. The van der Waals surface area contributed by atoms with E-state index in [4.69, 9.17) is 4.42 Å². The topological polar surface area (TPSA) is 45.4 Å². The number of aliphatic hydroxyl groups is 1. The van der Waals surface area contributed by atoms with Crippen LogP contribution in [0, 0.1) is 0 Å². The highest BCUT2D eigenvalue weighted by atomic mass is 16.3. The van der Waals surface area contributed by atoms with Crippen LogP contribution in [-0.2, 0) is 0 Å². The summed E-state index contributed by atoms with van der Waals surface area (Å²) in [5.74, 6) is 0. The van der Waals surface area contributed by atoms with Crippen LogP contribution in [-0.4, -0.2) is 18.2 Å². The van der Waals surface area contributed by atoms with Gasteiger partial charge >= 0.3 is 0 Å². The molecule has 3 nitrogen and oxygen atoms in total. The molecule has 1 aromatic carbocycles. The first-order valence-electron chi connectivity index (χ1n) is 5.17. The van der Waals surface area contributed by atoms with Crippen molar-refractivity contribution < 1.29 is 9.52 Å². The van der Waals surface area contributed by atoms with Crippen molar-refractivity contribution in [1.29, 1.82) is 0 Å². The normalized spacial score (nSPS) is 13.2. The fourth-order valence-corrected chi connectivity index (χ4v) is 1.58. The third-order valence-corrected chi connectivity index (χ3v) is 2.45. The summed E-state index contributed by atoms with van der Waals surface area (Å²) in [6.07, 6.45) is 1.19. The van der Waals surface area contributed by atoms with Gasteiger partial charge in [-0.3, -0.25) is 0 Å². The minimum Gasteiger partial charge on any atom is -0.464 e. The lowest BCUT2D eigenvalue weighted by Gasteiger charge is -2.10. The van der Waals surface area contributed by atoms with Gasteiger partial charge in [-0.25, -0.2) is 0 Å². The SMILES string of the molecule is CCNC[C@H](O)c1ccc2ccoc2c1. The molecule has 2 N–H and O–H groups in total. The molecule has 0 amide bonds. The van der Waals surface area contributed by atoms with Crippen molar-refractivity contribution in [3.63, 3.8) is 0 Å². The molecular formula is C12H15NO2. The first-order chi connectivity index (χ1) is 7.31. The Bertz CT molecular complexity index is 436. The number of rotatable bonds is 4. The van der Waals surface area contributed by atoms with E-state index in [1.807, 2.05) is 31.2 Å². The van der Waals surface area contributed by atoms with E-state index in [0.29, 0.717) is 6.54 Å². The lowest BCUT2D eigenvalue weighted by Crippen LogP contribution is -2.20. The van der Waals surface area contributed by atoms with Crippen LogP contribution in [0.2, 0.25) is 0 Å². The number of nitrogens with one attached hydrogen (secondary N) is 1. The second kappa shape index (κ2) is 4.47. The standard InChI is InChI=1S/C12H15NO2/c1-2-13-8-11(14)10-4-3-9-5-6-15-12(9)7-10/h3-7,11,13-14H,2,8H2,1H3/t11-/m0/s1. The summed E-state index contributed by atoms with van der Waals surface area (Å²) in [6, 6.07) is 7.69. The molecule has 1 aromatic heterocycles. The van der Waals surface area contributed by atoms with Gasteiger partial charge in [0.05, 0.1) is 12.4 Å². The quantitative estimate of drug-likeness (QED) is 0.803. The van der Waals surface area contributed by atoms with Gasteiger partial charge in [-0.15, -0.1) is 0 Å². The van der Waals surface area contributed by atoms with Crippen LogP contribution in [0.15, 0.2) is 34.9 Å². The van der Waals surface area contributed by atoms with E-state index in [9.17, 15) is 5.11 Å². The Morgan fingerprint density at radius 2 is 2.27 bits per heavy atom. The van der Waals surface area contributed by atoms with Gasteiger partial charge in [0, 0.05) is 11.9 Å². The summed E-state index contributed by atoms with van der Waals surface area (Å²) in [7, 11) is 0. The maximum absolute atomic E-state index is 9.84. The second-order valence-electron chi connectivity index (χ2n) is 3.54. The molecule has 3 heteroatoms. The van der Waals surface area contributed by atoms with Gasteiger partial charge in [0.15, 0.2) is 0 Å². The minimum atomic E-state index is -0.473. The van der Waals surface area contributed by atoms with Crippen molar-refractivity contribution in [2.45, 2.75) is 13.0 Å². The molecule has 0 aliphatic carbocycles. The zero-order valence-electron chi connectivity index (χ0n) is 8.73. The molecule has 15 heavy (non-hydrogen) atoms. The summed E-state index contributed by atoms with van der Waals surface area (Å²) in [5, 5.41) is 14.0. The van der Waals surface area contributed by atoms with Crippen LogP contribution >= 0.6 is 0 Å². The van der Waals surface area contributed by atoms with Crippen molar-refractivity contribution in [2.24, 2.45) is 0 Å². The van der Waals surface area contributed by atoms with Gasteiger partial charge in [0.25, 0.3) is 0 Å². The third kappa shape index (κ3) is 2.19. The monoisotopic (exact) mass is 205 g/mol. The molecular weight excluding hydrogens is 190 g/mol. The van der Waals surface area contributed by atoms with Gasteiger partial charge in [-0.05, 0) is 24.2 Å². The summed E-state index contributed by atoms with van der Waals surface area (Å²) in [4.78, 5) is 0. The molecule has 1 heterocycles. The number of aliphatic hydroxyl groups excluding tert-OH is 1. The number of hydrogen-bond acceptors (Lipinski definition) is 3. The molecule has 0 fully saturated rings. The number of furan rings is 1. The van der Waals surface area contributed by atoms with Crippen molar-refractivity contribution in [1.82, 2.24) is 5.32 Å². The van der Waals surface area contributed by atoms with Crippen LogP contribution in [0.1, 0.15) is 18.6 Å². The molecule has 1 atom stereocenters. The maximum Gasteiger partial charge on any atom is 0.134 e. The first-order valence-corrected chi connectivity index (χ1v) is 5.17. The molecule has 2 aromatic rings. The highest BCUT2D eigenvalue weighted by Crippen LogP contribution is 2.20. The van der Waals surface area contributed by atoms with Gasteiger partial charge in [0.2, 0.25) is 0 Å². The van der Waals surface area contributed by atoms with Crippen molar-refractivity contribution in [2.75, 3.05) is 13.1 Å². The van der Waals surface area contributed by atoms with E-state index < -0.39 is 6.10 Å². The number of benzene rings is 1. The highest BCUT2D eigenvalue weighted by molar-refractivity contribution is 5.77. The number of hydrogen-bond donors (Lipinski definition) is 2. The van der Waals surface area contributed by atoms with E-state index >= 15 is 0 Å². The molecule has 2 rings (SSSR count). The third-order valence-electron chi connectivity index (χ3n) is 2.45. The lowest BCUT2D eigenvalue weighted by atomic mass is 10.1. The number of fused-ring (bicyclic) bond motifs is 1. The Morgan fingerprint density at radius 1 is 1.40 bits per heavy atom. The van der Waals surface area contributed by atoms with Crippen molar-refractivity contribution in [3.05, 3.63) is 36.1 Å². The predicted molar refractivity (Wildman–Crippen MR) is 59.7 cm³/mol. The Labute approximate surface area is 88.7 Å². The Kier molecular flexibility index (Phi) is 3.04. The maximum atomic E-state index is 9.84. The molecule has 0 aliphatic rings. The molecule has 0 radical (unpaired) electrons. The number of likely N-dealkylation sites (N-methyl/N-ethyl adjacent to an activating group) is 1. The van der Waals surface area contributed by atoms with Gasteiger partial charge in [0.1, 0.15) is 5.58 Å². The molecule has 0 saturated carbocycles.